The molecule has 0 fully saturated rings. The van der Waals surface area contributed by atoms with Crippen molar-refractivity contribution in [3.63, 3.8) is 0 Å². The van der Waals surface area contributed by atoms with Gasteiger partial charge in [-0.05, 0) is 67.1 Å². The Balaban J connectivity index is 1.42. The van der Waals surface area contributed by atoms with E-state index in [2.05, 4.69) is 88.0 Å². The summed E-state index contributed by atoms with van der Waals surface area (Å²) in [4.78, 5) is 9.74. The number of aromatic nitrogens is 4. The van der Waals surface area contributed by atoms with Gasteiger partial charge in [0.2, 0.25) is 5.95 Å². The van der Waals surface area contributed by atoms with Crippen LogP contribution in [-0.4, -0.2) is 19.1 Å². The second-order valence-electron chi connectivity index (χ2n) is 10.2. The van der Waals surface area contributed by atoms with E-state index in [1.54, 1.807) is 0 Å². The molecule has 0 saturated carbocycles. The summed E-state index contributed by atoms with van der Waals surface area (Å²) in [6.45, 7) is 0. The van der Waals surface area contributed by atoms with Crippen LogP contribution in [0.15, 0.2) is 109 Å². The molecule has 4 nitrogen and oxygen atoms in total. The first-order valence-electron chi connectivity index (χ1n) is 13.4. The number of rotatable bonds is 3. The molecular formula is C34H26N4. The Hall–Kier alpha value is -4.70. The van der Waals surface area contributed by atoms with Gasteiger partial charge in [-0.3, -0.25) is 4.57 Å². The molecule has 7 aromatic rings. The van der Waals surface area contributed by atoms with Crippen molar-refractivity contribution in [3.8, 4) is 22.8 Å². The first-order valence-corrected chi connectivity index (χ1v) is 13.4. The smallest absolute Gasteiger partial charge is 0.234 e. The zero-order chi connectivity index (χ0) is 25.1. The minimum absolute atomic E-state index is 0.692. The van der Waals surface area contributed by atoms with Crippen LogP contribution in [0.25, 0.3) is 55.5 Å². The Morgan fingerprint density at radius 3 is 2.03 bits per heavy atom. The summed E-state index contributed by atoms with van der Waals surface area (Å²) in [5, 5.41) is 3.86. The molecule has 38 heavy (non-hydrogen) atoms. The molecule has 3 heterocycles. The van der Waals surface area contributed by atoms with E-state index in [0.29, 0.717) is 5.95 Å². The molecule has 3 aromatic heterocycles. The van der Waals surface area contributed by atoms with Crippen LogP contribution >= 0.6 is 0 Å². The molecule has 1 aliphatic carbocycles. The number of aryl methyl sites for hydroxylation is 1. The third-order valence-electron chi connectivity index (χ3n) is 8.02. The Kier molecular flexibility index (Phi) is 4.74. The molecule has 0 radical (unpaired) electrons. The first kappa shape index (κ1) is 21.4. The average Bonchev–Trinajstić information content (AvgIpc) is 3.49. The van der Waals surface area contributed by atoms with E-state index >= 15 is 0 Å². The quantitative estimate of drug-likeness (QED) is 0.251. The molecule has 0 bridgehead atoms. The Morgan fingerprint density at radius 1 is 0.526 bits per heavy atom. The van der Waals surface area contributed by atoms with Crippen LogP contribution in [0, 0.1) is 0 Å². The summed E-state index contributed by atoms with van der Waals surface area (Å²) < 4.78 is 4.71. The lowest BCUT2D eigenvalue weighted by atomic mass is 9.95. The van der Waals surface area contributed by atoms with Crippen LogP contribution < -0.4 is 0 Å². The summed E-state index contributed by atoms with van der Waals surface area (Å²) in [7, 11) is 0. The van der Waals surface area contributed by atoms with Gasteiger partial charge in [-0.2, -0.15) is 0 Å². The maximum absolute atomic E-state index is 4.87. The molecule has 0 atom stereocenters. The molecule has 182 valence electrons. The van der Waals surface area contributed by atoms with Crippen molar-refractivity contribution < 1.29 is 0 Å². The lowest BCUT2D eigenvalue weighted by Gasteiger charge is -2.16. The molecule has 4 aromatic carbocycles. The Bertz CT molecular complexity index is 1950. The maximum Gasteiger partial charge on any atom is 0.234 e. The largest absolute Gasteiger partial charge is 0.313 e. The molecule has 0 spiro atoms. The summed E-state index contributed by atoms with van der Waals surface area (Å²) in [6.07, 6.45) is 8.62. The molecule has 0 unspecified atom stereocenters. The monoisotopic (exact) mass is 490 g/mol. The number of hydrogen-bond acceptors (Lipinski definition) is 2. The first-order chi connectivity index (χ1) is 18.9. The van der Waals surface area contributed by atoms with Crippen molar-refractivity contribution in [3.05, 3.63) is 121 Å². The zero-order valence-electron chi connectivity index (χ0n) is 21.0. The van der Waals surface area contributed by atoms with Gasteiger partial charge < -0.3 is 4.57 Å². The summed E-state index contributed by atoms with van der Waals surface area (Å²) >= 11 is 0. The van der Waals surface area contributed by atoms with Crippen LogP contribution in [-0.2, 0) is 12.8 Å². The SMILES string of the molecule is c1ccc(-c2cnc(-n3c4ccccc4c4cc5c6c(n(-c7ccccc7)c5cc43)CCCC6)nc2)cc1. The number of benzene rings is 4. The minimum Gasteiger partial charge on any atom is -0.313 e. The maximum atomic E-state index is 4.87. The fourth-order valence-electron chi connectivity index (χ4n) is 6.31. The van der Waals surface area contributed by atoms with Gasteiger partial charge in [0.15, 0.2) is 0 Å². The number of para-hydroxylation sites is 2. The fourth-order valence-corrected chi connectivity index (χ4v) is 6.31. The van der Waals surface area contributed by atoms with Gasteiger partial charge in [0, 0.05) is 45.5 Å². The van der Waals surface area contributed by atoms with Gasteiger partial charge in [0.25, 0.3) is 0 Å². The highest BCUT2D eigenvalue weighted by Gasteiger charge is 2.23. The van der Waals surface area contributed by atoms with Crippen LogP contribution in [0.1, 0.15) is 24.1 Å². The van der Waals surface area contributed by atoms with E-state index in [0.717, 1.165) is 35.0 Å². The summed E-state index contributed by atoms with van der Waals surface area (Å²) in [5.74, 6) is 0.692. The van der Waals surface area contributed by atoms with Gasteiger partial charge in [-0.1, -0.05) is 66.7 Å². The summed E-state index contributed by atoms with van der Waals surface area (Å²) in [5.41, 5.74) is 9.87. The van der Waals surface area contributed by atoms with E-state index in [1.165, 1.54) is 51.5 Å². The number of nitrogens with zero attached hydrogens (tertiary/aromatic N) is 4. The lowest BCUT2D eigenvalue weighted by molar-refractivity contribution is 0.667. The van der Waals surface area contributed by atoms with Crippen LogP contribution in [0.5, 0.6) is 0 Å². The van der Waals surface area contributed by atoms with E-state index < -0.39 is 0 Å². The highest BCUT2D eigenvalue weighted by atomic mass is 15.2. The Labute approximate surface area is 220 Å². The van der Waals surface area contributed by atoms with E-state index in [1.807, 2.05) is 30.6 Å². The molecular weight excluding hydrogens is 464 g/mol. The molecule has 0 aliphatic heterocycles. The fraction of sp³-hybridized carbons (Fsp3) is 0.118. The standard InChI is InChI=1S/C34H26N4/c1-3-11-23(12-4-1)24-21-35-34(36-22-24)38-31-18-10-8-16-27(31)29-19-28-26-15-7-9-17-30(26)37(32(28)20-33(29)38)25-13-5-2-6-14-25/h1-6,8,10-14,16,18-22H,7,9,15,17H2. The van der Waals surface area contributed by atoms with Gasteiger partial charge >= 0.3 is 0 Å². The molecule has 8 rings (SSSR count). The molecule has 4 heteroatoms. The van der Waals surface area contributed by atoms with Crippen LogP contribution in [0.3, 0.4) is 0 Å². The van der Waals surface area contributed by atoms with Crippen molar-refractivity contribution in [1.29, 1.82) is 0 Å². The van der Waals surface area contributed by atoms with Gasteiger partial charge in [0.1, 0.15) is 0 Å². The minimum atomic E-state index is 0.692. The predicted molar refractivity (Wildman–Crippen MR) is 155 cm³/mol. The average molecular weight is 491 g/mol. The van der Waals surface area contributed by atoms with E-state index in [-0.39, 0.29) is 0 Å². The van der Waals surface area contributed by atoms with Gasteiger partial charge in [0.05, 0.1) is 16.6 Å². The predicted octanol–water partition coefficient (Wildman–Crippen LogP) is 8.06. The molecule has 0 amide bonds. The van der Waals surface area contributed by atoms with Crippen molar-refractivity contribution in [2.45, 2.75) is 25.7 Å². The van der Waals surface area contributed by atoms with E-state index in [9.17, 15) is 0 Å². The molecule has 0 saturated heterocycles. The summed E-state index contributed by atoms with van der Waals surface area (Å²) in [6, 6.07) is 34.5. The topological polar surface area (TPSA) is 35.6 Å². The van der Waals surface area contributed by atoms with Crippen LogP contribution in [0.2, 0.25) is 0 Å². The zero-order valence-corrected chi connectivity index (χ0v) is 21.0. The second-order valence-corrected chi connectivity index (χ2v) is 10.2. The number of hydrogen-bond donors (Lipinski definition) is 0. The van der Waals surface area contributed by atoms with Crippen molar-refractivity contribution in [2.24, 2.45) is 0 Å². The van der Waals surface area contributed by atoms with Gasteiger partial charge in [-0.15, -0.1) is 0 Å². The number of fused-ring (bicyclic) bond motifs is 6. The van der Waals surface area contributed by atoms with Gasteiger partial charge in [-0.25, -0.2) is 9.97 Å². The second kappa shape index (κ2) is 8.42. The van der Waals surface area contributed by atoms with E-state index in [4.69, 9.17) is 9.97 Å². The molecule has 0 N–H and O–H groups in total. The van der Waals surface area contributed by atoms with Crippen molar-refractivity contribution >= 4 is 32.7 Å². The third kappa shape index (κ3) is 3.16. The normalized spacial score (nSPS) is 13.4. The van der Waals surface area contributed by atoms with Crippen LogP contribution in [0.4, 0.5) is 0 Å². The third-order valence-corrected chi connectivity index (χ3v) is 8.02. The van der Waals surface area contributed by atoms with Crippen molar-refractivity contribution in [2.75, 3.05) is 0 Å². The highest BCUT2D eigenvalue weighted by molar-refractivity contribution is 6.14. The molecule has 1 aliphatic rings. The van der Waals surface area contributed by atoms with Crippen molar-refractivity contribution in [1.82, 2.24) is 19.1 Å². The highest BCUT2D eigenvalue weighted by Crippen LogP contribution is 2.40. The Morgan fingerprint density at radius 2 is 1.21 bits per heavy atom. The lowest BCUT2D eigenvalue weighted by Crippen LogP contribution is -2.06.